The molecule has 1 aliphatic rings. The highest BCUT2D eigenvalue weighted by molar-refractivity contribution is 5.45. The minimum absolute atomic E-state index is 0.188. The number of halogens is 1. The van der Waals surface area contributed by atoms with Crippen LogP contribution in [0.1, 0.15) is 12.8 Å². The van der Waals surface area contributed by atoms with E-state index in [9.17, 15) is 4.39 Å². The Kier molecular flexibility index (Phi) is 2.65. The van der Waals surface area contributed by atoms with Crippen LogP contribution in [0.3, 0.4) is 0 Å². The van der Waals surface area contributed by atoms with Gasteiger partial charge in [-0.3, -0.25) is 0 Å². The Bertz CT molecular complexity index is 330. The highest BCUT2D eigenvalue weighted by atomic mass is 19.1. The Labute approximate surface area is 89.9 Å². The molecule has 1 fully saturated rings. The van der Waals surface area contributed by atoms with Gasteiger partial charge < -0.3 is 10.6 Å². The zero-order valence-corrected chi connectivity index (χ0v) is 9.04. The molecule has 1 aromatic rings. The fourth-order valence-corrected chi connectivity index (χ4v) is 1.89. The van der Waals surface area contributed by atoms with Crippen molar-refractivity contribution >= 4 is 5.69 Å². The van der Waals surface area contributed by atoms with Gasteiger partial charge in [-0.25, -0.2) is 4.39 Å². The van der Waals surface area contributed by atoms with Crippen LogP contribution in [-0.4, -0.2) is 20.1 Å². The van der Waals surface area contributed by atoms with Gasteiger partial charge in [-0.15, -0.1) is 0 Å². The van der Waals surface area contributed by atoms with E-state index in [1.165, 1.54) is 25.0 Å². The first-order chi connectivity index (χ1) is 7.15. The van der Waals surface area contributed by atoms with Crippen molar-refractivity contribution in [2.24, 2.45) is 11.1 Å². The monoisotopic (exact) mass is 208 g/mol. The summed E-state index contributed by atoms with van der Waals surface area (Å²) in [5, 5.41) is 0. The number of nitrogens with zero attached hydrogens (tertiary/aromatic N) is 1. The van der Waals surface area contributed by atoms with Crippen molar-refractivity contribution in [3.05, 3.63) is 30.1 Å². The van der Waals surface area contributed by atoms with E-state index in [0.717, 1.165) is 18.8 Å². The standard InChI is InChI=1S/C12H17FN2/c1-15(9-12(8-14)6-7-12)11-4-2-10(13)3-5-11/h2-5H,6-9,14H2,1H3. The Morgan fingerprint density at radius 1 is 1.33 bits per heavy atom. The first kappa shape index (κ1) is 10.4. The summed E-state index contributed by atoms with van der Waals surface area (Å²) in [7, 11) is 2.03. The third-order valence-corrected chi connectivity index (χ3v) is 3.23. The lowest BCUT2D eigenvalue weighted by Crippen LogP contribution is -2.31. The van der Waals surface area contributed by atoms with Crippen LogP contribution in [0.2, 0.25) is 0 Å². The number of hydrogen-bond acceptors (Lipinski definition) is 2. The molecular formula is C12H17FN2. The average molecular weight is 208 g/mol. The number of anilines is 1. The summed E-state index contributed by atoms with van der Waals surface area (Å²) in [5.74, 6) is -0.188. The quantitative estimate of drug-likeness (QED) is 0.820. The van der Waals surface area contributed by atoms with Crippen molar-refractivity contribution in [1.82, 2.24) is 0 Å². The molecule has 82 valence electrons. The molecule has 0 amide bonds. The van der Waals surface area contributed by atoms with Crippen molar-refractivity contribution in [2.45, 2.75) is 12.8 Å². The van der Waals surface area contributed by atoms with Crippen molar-refractivity contribution in [2.75, 3.05) is 25.0 Å². The van der Waals surface area contributed by atoms with Crippen LogP contribution in [-0.2, 0) is 0 Å². The number of benzene rings is 1. The second-order valence-corrected chi connectivity index (χ2v) is 4.54. The molecule has 0 spiro atoms. The minimum Gasteiger partial charge on any atom is -0.374 e. The maximum absolute atomic E-state index is 12.7. The number of nitrogens with two attached hydrogens (primary N) is 1. The van der Waals surface area contributed by atoms with Gasteiger partial charge in [0, 0.05) is 24.7 Å². The molecule has 0 unspecified atom stereocenters. The smallest absolute Gasteiger partial charge is 0.123 e. The Hall–Kier alpha value is -1.09. The van der Waals surface area contributed by atoms with Crippen LogP contribution in [0.25, 0.3) is 0 Å². The van der Waals surface area contributed by atoms with Gasteiger partial charge in [0.2, 0.25) is 0 Å². The van der Waals surface area contributed by atoms with Crippen LogP contribution in [0.4, 0.5) is 10.1 Å². The molecule has 1 aromatic carbocycles. The van der Waals surface area contributed by atoms with Gasteiger partial charge in [-0.05, 0) is 43.7 Å². The van der Waals surface area contributed by atoms with E-state index in [0.29, 0.717) is 5.41 Å². The topological polar surface area (TPSA) is 29.3 Å². The summed E-state index contributed by atoms with van der Waals surface area (Å²) in [6.07, 6.45) is 2.43. The molecule has 1 aliphatic carbocycles. The van der Waals surface area contributed by atoms with Crippen LogP contribution in [0.5, 0.6) is 0 Å². The third-order valence-electron chi connectivity index (χ3n) is 3.23. The second kappa shape index (κ2) is 3.81. The highest BCUT2D eigenvalue weighted by Crippen LogP contribution is 2.45. The molecule has 3 heteroatoms. The minimum atomic E-state index is -0.188. The lowest BCUT2D eigenvalue weighted by molar-refractivity contribution is 0.523. The van der Waals surface area contributed by atoms with Crippen LogP contribution < -0.4 is 10.6 Å². The molecule has 0 radical (unpaired) electrons. The van der Waals surface area contributed by atoms with Gasteiger partial charge in [0.25, 0.3) is 0 Å². The van der Waals surface area contributed by atoms with Crippen molar-refractivity contribution in [3.8, 4) is 0 Å². The largest absolute Gasteiger partial charge is 0.374 e. The lowest BCUT2D eigenvalue weighted by Gasteiger charge is -2.24. The summed E-state index contributed by atoms with van der Waals surface area (Å²) in [6.45, 7) is 1.72. The number of rotatable bonds is 4. The summed E-state index contributed by atoms with van der Waals surface area (Å²) < 4.78 is 12.7. The molecule has 0 saturated heterocycles. The van der Waals surface area contributed by atoms with Crippen LogP contribution >= 0.6 is 0 Å². The average Bonchev–Trinajstić information content (AvgIpc) is 2.99. The molecule has 1 saturated carbocycles. The molecule has 2 N–H and O–H groups in total. The van der Waals surface area contributed by atoms with E-state index >= 15 is 0 Å². The van der Waals surface area contributed by atoms with Gasteiger partial charge in [0.05, 0.1) is 0 Å². The molecule has 0 bridgehead atoms. The lowest BCUT2D eigenvalue weighted by atomic mass is 10.1. The van der Waals surface area contributed by atoms with E-state index in [2.05, 4.69) is 4.90 Å². The fourth-order valence-electron chi connectivity index (χ4n) is 1.89. The predicted molar refractivity (Wildman–Crippen MR) is 60.4 cm³/mol. The third kappa shape index (κ3) is 2.29. The molecular weight excluding hydrogens is 191 g/mol. The maximum Gasteiger partial charge on any atom is 0.123 e. The molecule has 15 heavy (non-hydrogen) atoms. The van der Waals surface area contributed by atoms with Gasteiger partial charge in [-0.2, -0.15) is 0 Å². The van der Waals surface area contributed by atoms with Crippen LogP contribution in [0, 0.1) is 11.2 Å². The Morgan fingerprint density at radius 3 is 2.40 bits per heavy atom. The van der Waals surface area contributed by atoms with E-state index < -0.39 is 0 Å². The normalized spacial score (nSPS) is 17.5. The SMILES string of the molecule is CN(CC1(CN)CC1)c1ccc(F)cc1. The number of hydrogen-bond donors (Lipinski definition) is 1. The molecule has 0 aromatic heterocycles. The second-order valence-electron chi connectivity index (χ2n) is 4.54. The first-order valence-corrected chi connectivity index (χ1v) is 5.32. The maximum atomic E-state index is 12.7. The summed E-state index contributed by atoms with van der Waals surface area (Å²) in [4.78, 5) is 2.15. The van der Waals surface area contributed by atoms with Crippen molar-refractivity contribution < 1.29 is 4.39 Å². The molecule has 0 atom stereocenters. The molecule has 2 nitrogen and oxygen atoms in total. The van der Waals surface area contributed by atoms with E-state index in [4.69, 9.17) is 5.73 Å². The molecule has 2 rings (SSSR count). The van der Waals surface area contributed by atoms with E-state index in [1.807, 2.05) is 19.2 Å². The van der Waals surface area contributed by atoms with E-state index in [-0.39, 0.29) is 5.82 Å². The zero-order chi connectivity index (χ0) is 10.9. The fraction of sp³-hybridized carbons (Fsp3) is 0.500. The molecule has 0 heterocycles. The first-order valence-electron chi connectivity index (χ1n) is 5.32. The molecule has 0 aliphatic heterocycles. The van der Waals surface area contributed by atoms with Crippen LogP contribution in [0.15, 0.2) is 24.3 Å². The van der Waals surface area contributed by atoms with Gasteiger partial charge >= 0.3 is 0 Å². The summed E-state index contributed by atoms with van der Waals surface area (Å²) in [5.41, 5.74) is 7.11. The Morgan fingerprint density at radius 2 is 1.93 bits per heavy atom. The zero-order valence-electron chi connectivity index (χ0n) is 9.04. The summed E-state index contributed by atoms with van der Waals surface area (Å²) >= 11 is 0. The van der Waals surface area contributed by atoms with Crippen molar-refractivity contribution in [3.63, 3.8) is 0 Å². The van der Waals surface area contributed by atoms with Crippen molar-refractivity contribution in [1.29, 1.82) is 0 Å². The van der Waals surface area contributed by atoms with Gasteiger partial charge in [-0.1, -0.05) is 0 Å². The highest BCUT2D eigenvalue weighted by Gasteiger charge is 2.41. The van der Waals surface area contributed by atoms with Gasteiger partial charge in [0.15, 0.2) is 0 Å². The summed E-state index contributed by atoms with van der Waals surface area (Å²) in [6, 6.07) is 6.60. The van der Waals surface area contributed by atoms with E-state index in [1.54, 1.807) is 0 Å². The van der Waals surface area contributed by atoms with Gasteiger partial charge in [0.1, 0.15) is 5.82 Å². The predicted octanol–water partition coefficient (Wildman–Crippen LogP) is 2.00. The Balaban J connectivity index is 2.01.